The van der Waals surface area contributed by atoms with Crippen LogP contribution in [-0.2, 0) is 0 Å². The van der Waals surface area contributed by atoms with Crippen LogP contribution < -0.4 is 0 Å². The molecule has 0 unspecified atom stereocenters. The number of aromatic nitrogens is 3. The van der Waals surface area contributed by atoms with Gasteiger partial charge in [0, 0.05) is 65.6 Å². The minimum Gasteiger partial charge on any atom is -0.455 e. The first kappa shape index (κ1) is 28.6. The highest BCUT2D eigenvalue weighted by Crippen LogP contribution is 2.43. The summed E-state index contributed by atoms with van der Waals surface area (Å²) in [5.74, 6) is 0.652. The van der Waals surface area contributed by atoms with Crippen LogP contribution in [0, 0.1) is 0 Å². The van der Waals surface area contributed by atoms with Gasteiger partial charge in [0.2, 0.25) is 0 Å². The van der Waals surface area contributed by atoms with E-state index in [4.69, 9.17) is 14.4 Å². The lowest BCUT2D eigenvalue weighted by Gasteiger charge is -2.12. The molecule has 10 aromatic rings. The standard InChI is InChI=1S/C45H27N3OS/c1-2-9-29(10-3-1)38-27-39(32-12-8-11-30(25-32)28-21-23-46-24-22-28)48-45(47-38)37-20-19-33(44-43(37)36-14-4-6-15-40(36)49-44)31-17-18-35-34-13-5-7-16-41(34)50-42(35)26-31/h1-27H. The largest absolute Gasteiger partial charge is 0.455 e. The molecule has 0 spiro atoms. The zero-order valence-electron chi connectivity index (χ0n) is 26.7. The van der Waals surface area contributed by atoms with E-state index < -0.39 is 0 Å². The van der Waals surface area contributed by atoms with Gasteiger partial charge in [0.25, 0.3) is 0 Å². The topological polar surface area (TPSA) is 51.8 Å². The van der Waals surface area contributed by atoms with Gasteiger partial charge in [0.05, 0.1) is 11.4 Å². The Balaban J connectivity index is 1.20. The van der Waals surface area contributed by atoms with Gasteiger partial charge in [0.15, 0.2) is 5.82 Å². The maximum Gasteiger partial charge on any atom is 0.161 e. The third-order valence-corrected chi connectivity index (χ3v) is 10.6. The molecule has 234 valence electrons. The van der Waals surface area contributed by atoms with Gasteiger partial charge in [-0.25, -0.2) is 9.97 Å². The molecule has 0 aliphatic rings. The van der Waals surface area contributed by atoms with Crippen LogP contribution in [0.4, 0.5) is 0 Å². The van der Waals surface area contributed by atoms with E-state index in [1.54, 1.807) is 0 Å². The lowest BCUT2D eigenvalue weighted by Crippen LogP contribution is -1.97. The van der Waals surface area contributed by atoms with Gasteiger partial charge in [0.1, 0.15) is 11.2 Å². The molecule has 50 heavy (non-hydrogen) atoms. The first-order valence-electron chi connectivity index (χ1n) is 16.6. The van der Waals surface area contributed by atoms with Crippen molar-refractivity contribution in [2.75, 3.05) is 0 Å². The van der Waals surface area contributed by atoms with Crippen molar-refractivity contribution in [2.24, 2.45) is 0 Å². The van der Waals surface area contributed by atoms with Crippen molar-refractivity contribution in [3.8, 4) is 56.2 Å². The molecule has 0 atom stereocenters. The number of nitrogens with zero attached hydrogens (tertiary/aromatic N) is 3. The SMILES string of the molecule is c1ccc(-c2cc(-c3cccc(-c4ccncc4)c3)nc(-c3ccc(-c4ccc5c(c4)sc4ccccc45)c4oc5ccccc5c34)n2)cc1. The van der Waals surface area contributed by atoms with Crippen molar-refractivity contribution in [3.05, 3.63) is 164 Å². The Morgan fingerprint density at radius 3 is 2.02 bits per heavy atom. The lowest BCUT2D eigenvalue weighted by molar-refractivity contribution is 0.670. The summed E-state index contributed by atoms with van der Waals surface area (Å²) < 4.78 is 9.26. The molecule has 4 aromatic heterocycles. The summed E-state index contributed by atoms with van der Waals surface area (Å²) in [7, 11) is 0. The van der Waals surface area contributed by atoms with E-state index in [1.165, 1.54) is 20.2 Å². The second-order valence-corrected chi connectivity index (χ2v) is 13.5. The quantitative estimate of drug-likeness (QED) is 0.185. The van der Waals surface area contributed by atoms with Crippen LogP contribution in [0.25, 0.3) is 98.3 Å². The van der Waals surface area contributed by atoms with Crippen LogP contribution in [0.5, 0.6) is 0 Å². The van der Waals surface area contributed by atoms with E-state index in [0.29, 0.717) is 5.82 Å². The Labute approximate surface area is 292 Å². The second kappa shape index (κ2) is 11.6. The Morgan fingerprint density at radius 2 is 1.14 bits per heavy atom. The van der Waals surface area contributed by atoms with Crippen molar-refractivity contribution in [1.29, 1.82) is 0 Å². The van der Waals surface area contributed by atoms with E-state index in [0.717, 1.165) is 72.3 Å². The van der Waals surface area contributed by atoms with E-state index >= 15 is 0 Å². The summed E-state index contributed by atoms with van der Waals surface area (Å²) in [4.78, 5) is 14.7. The van der Waals surface area contributed by atoms with E-state index in [9.17, 15) is 0 Å². The van der Waals surface area contributed by atoms with Gasteiger partial charge in [-0.05, 0) is 71.3 Å². The number of para-hydroxylation sites is 1. The molecule has 0 saturated heterocycles. The maximum absolute atomic E-state index is 6.71. The zero-order valence-corrected chi connectivity index (χ0v) is 27.6. The minimum absolute atomic E-state index is 0.652. The van der Waals surface area contributed by atoms with Gasteiger partial charge in [-0.2, -0.15) is 0 Å². The van der Waals surface area contributed by atoms with Crippen LogP contribution in [0.15, 0.2) is 168 Å². The third kappa shape index (κ3) is 4.79. The van der Waals surface area contributed by atoms with Crippen LogP contribution in [0.2, 0.25) is 0 Å². The third-order valence-electron chi connectivity index (χ3n) is 9.42. The van der Waals surface area contributed by atoms with Crippen LogP contribution >= 0.6 is 11.3 Å². The number of pyridine rings is 1. The fraction of sp³-hybridized carbons (Fsp3) is 0. The number of fused-ring (bicyclic) bond motifs is 6. The van der Waals surface area contributed by atoms with E-state index in [2.05, 4.69) is 114 Å². The number of benzene rings is 6. The fourth-order valence-corrected chi connectivity index (χ4v) is 8.16. The van der Waals surface area contributed by atoms with Crippen LogP contribution in [0.1, 0.15) is 0 Å². The van der Waals surface area contributed by atoms with Gasteiger partial charge in [-0.1, -0.05) is 97.1 Å². The molecule has 4 nitrogen and oxygen atoms in total. The molecule has 4 heterocycles. The average molecular weight is 658 g/mol. The highest BCUT2D eigenvalue weighted by molar-refractivity contribution is 7.25. The fourth-order valence-electron chi connectivity index (χ4n) is 7.01. The summed E-state index contributed by atoms with van der Waals surface area (Å²) in [6.07, 6.45) is 3.64. The molecule has 6 aromatic carbocycles. The first-order valence-corrected chi connectivity index (χ1v) is 17.4. The lowest BCUT2D eigenvalue weighted by atomic mass is 9.97. The van der Waals surface area contributed by atoms with Crippen molar-refractivity contribution in [2.45, 2.75) is 0 Å². The highest BCUT2D eigenvalue weighted by atomic mass is 32.1. The molecule has 10 rings (SSSR count). The molecule has 0 aliphatic heterocycles. The van der Waals surface area contributed by atoms with Gasteiger partial charge < -0.3 is 4.42 Å². The molecule has 5 heteroatoms. The van der Waals surface area contributed by atoms with Crippen LogP contribution in [-0.4, -0.2) is 15.0 Å². The van der Waals surface area contributed by atoms with Gasteiger partial charge >= 0.3 is 0 Å². The summed E-state index contributed by atoms with van der Waals surface area (Å²) in [6, 6.07) is 52.9. The number of hydrogen-bond donors (Lipinski definition) is 0. The summed E-state index contributed by atoms with van der Waals surface area (Å²) in [5, 5.41) is 4.62. The summed E-state index contributed by atoms with van der Waals surface area (Å²) in [6.45, 7) is 0. The smallest absolute Gasteiger partial charge is 0.161 e. The van der Waals surface area contributed by atoms with Crippen molar-refractivity contribution < 1.29 is 4.42 Å². The molecule has 0 aliphatic carbocycles. The molecule has 0 amide bonds. The molecule has 0 N–H and O–H groups in total. The maximum atomic E-state index is 6.71. The van der Waals surface area contributed by atoms with E-state index in [-0.39, 0.29) is 0 Å². The van der Waals surface area contributed by atoms with Crippen molar-refractivity contribution in [1.82, 2.24) is 15.0 Å². The Hall–Kier alpha value is -6.43. The van der Waals surface area contributed by atoms with Gasteiger partial charge in [-0.15, -0.1) is 11.3 Å². The van der Waals surface area contributed by atoms with Gasteiger partial charge in [-0.3, -0.25) is 4.98 Å². The monoisotopic (exact) mass is 657 g/mol. The molecule has 0 fully saturated rings. The first-order chi connectivity index (χ1) is 24.8. The van der Waals surface area contributed by atoms with E-state index in [1.807, 2.05) is 66.2 Å². The molecule has 0 radical (unpaired) electrons. The normalized spacial score (nSPS) is 11.6. The highest BCUT2D eigenvalue weighted by Gasteiger charge is 2.21. The molecular formula is C45H27N3OS. The van der Waals surface area contributed by atoms with Crippen LogP contribution in [0.3, 0.4) is 0 Å². The molecule has 0 saturated carbocycles. The Morgan fingerprint density at radius 1 is 0.440 bits per heavy atom. The Bertz CT molecular complexity index is 2870. The minimum atomic E-state index is 0.652. The summed E-state index contributed by atoms with van der Waals surface area (Å²) >= 11 is 1.83. The molecular weight excluding hydrogens is 631 g/mol. The predicted octanol–water partition coefficient (Wildman–Crippen LogP) is 12.5. The zero-order chi connectivity index (χ0) is 33.0. The second-order valence-electron chi connectivity index (χ2n) is 12.4. The number of thiophene rings is 1. The van der Waals surface area contributed by atoms with Crippen molar-refractivity contribution >= 4 is 53.4 Å². The number of hydrogen-bond acceptors (Lipinski definition) is 5. The van der Waals surface area contributed by atoms with Crippen molar-refractivity contribution in [3.63, 3.8) is 0 Å². The summed E-state index contributed by atoms with van der Waals surface area (Å²) in [5.41, 5.74) is 10.7. The Kier molecular flexibility index (Phi) is 6.64. The number of rotatable bonds is 5. The average Bonchev–Trinajstić information content (AvgIpc) is 3.77. The molecule has 0 bridgehead atoms. The number of furan rings is 1. The predicted molar refractivity (Wildman–Crippen MR) is 207 cm³/mol.